The lowest BCUT2D eigenvalue weighted by Crippen LogP contribution is -2.24. The number of furan rings is 1. The van der Waals surface area contributed by atoms with Gasteiger partial charge in [0, 0.05) is 37.8 Å². The molecule has 3 heterocycles. The van der Waals surface area contributed by atoms with Crippen LogP contribution in [-0.2, 0) is 0 Å². The highest BCUT2D eigenvalue weighted by Gasteiger charge is 2.19. The first-order chi connectivity index (χ1) is 23.8. The van der Waals surface area contributed by atoms with Crippen molar-refractivity contribution < 1.29 is 9.44 Å². The van der Waals surface area contributed by atoms with E-state index in [0.717, 1.165) is 49.5 Å². The normalized spacial score (nSPS) is 13.1. The second-order valence-corrected chi connectivity index (χ2v) is 12.6. The molecular formula is C43H29BN2O2. The molecule has 0 radical (unpaired) electrons. The summed E-state index contributed by atoms with van der Waals surface area (Å²) < 4.78 is 11.3. The highest BCUT2D eigenvalue weighted by Crippen LogP contribution is 2.39. The summed E-state index contributed by atoms with van der Waals surface area (Å²) in [6.45, 7) is 0. The van der Waals surface area contributed by atoms with Crippen molar-refractivity contribution in [2.24, 2.45) is 0 Å². The third-order valence-electron chi connectivity index (χ3n) is 9.94. The topological polar surface area (TPSA) is 43.2 Å². The van der Waals surface area contributed by atoms with Gasteiger partial charge in [-0.15, -0.1) is 0 Å². The van der Waals surface area contributed by atoms with Crippen molar-refractivity contribution in [2.45, 2.75) is 6.42 Å². The van der Waals surface area contributed by atoms with Crippen molar-refractivity contribution in [2.75, 3.05) is 0 Å². The Morgan fingerprint density at radius 1 is 0.562 bits per heavy atom. The zero-order chi connectivity index (χ0) is 31.8. The molecule has 6 aromatic carbocycles. The number of allylic oxidation sites excluding steroid dienone is 2. The van der Waals surface area contributed by atoms with E-state index in [1.165, 1.54) is 43.7 Å². The largest absolute Gasteiger partial charge is 0.455 e. The van der Waals surface area contributed by atoms with E-state index in [-0.39, 0.29) is 7.48 Å². The van der Waals surface area contributed by atoms with E-state index in [1.54, 1.807) is 0 Å². The Labute approximate surface area is 276 Å². The van der Waals surface area contributed by atoms with Crippen LogP contribution in [0, 0.1) is 0 Å². The Balaban J connectivity index is 1.20. The average Bonchev–Trinajstić information content (AvgIpc) is 3.74. The van der Waals surface area contributed by atoms with Crippen molar-refractivity contribution in [3.8, 4) is 22.5 Å². The van der Waals surface area contributed by atoms with Crippen LogP contribution in [0.3, 0.4) is 0 Å². The third kappa shape index (κ3) is 3.89. The number of nitrogens with zero attached hydrogens (tertiary/aromatic N) is 2. The molecule has 48 heavy (non-hydrogen) atoms. The minimum absolute atomic E-state index is 0.0307. The Hall–Kier alpha value is -6.04. The minimum atomic E-state index is -0.0307. The van der Waals surface area contributed by atoms with Gasteiger partial charge in [0.25, 0.3) is 0 Å². The summed E-state index contributed by atoms with van der Waals surface area (Å²) in [4.78, 5) is 0. The van der Waals surface area contributed by atoms with Gasteiger partial charge in [0.2, 0.25) is 0 Å². The molecule has 0 bridgehead atoms. The van der Waals surface area contributed by atoms with Gasteiger partial charge in [0.1, 0.15) is 5.42 Å². The van der Waals surface area contributed by atoms with Crippen molar-refractivity contribution >= 4 is 73.6 Å². The van der Waals surface area contributed by atoms with Crippen LogP contribution < -0.4 is 10.6 Å². The summed E-state index contributed by atoms with van der Waals surface area (Å²) in [6.07, 6.45) is 6.90. The number of aromatic nitrogens is 2. The maximum Gasteiger partial charge on any atom is 0.304 e. The quantitative estimate of drug-likeness (QED) is 0.202. The minimum Gasteiger partial charge on any atom is -0.455 e. The molecule has 1 aliphatic carbocycles. The molecule has 0 saturated carbocycles. The number of hydrogen-bond donors (Lipinski definition) is 1. The molecule has 0 spiro atoms. The summed E-state index contributed by atoms with van der Waals surface area (Å²) in [5, 5.41) is 17.1. The van der Waals surface area contributed by atoms with Crippen LogP contribution in [0.1, 0.15) is 6.42 Å². The van der Waals surface area contributed by atoms with Gasteiger partial charge in [-0.05, 0) is 77.6 Å². The lowest BCUT2D eigenvalue weighted by molar-refractivity contribution is 0.567. The maximum absolute atomic E-state index is 10.2. The van der Waals surface area contributed by atoms with Gasteiger partial charge in [-0.25, -0.2) is 0 Å². The molecule has 0 aliphatic heterocycles. The smallest absolute Gasteiger partial charge is 0.304 e. The fourth-order valence-electron chi connectivity index (χ4n) is 7.75. The van der Waals surface area contributed by atoms with Crippen LogP contribution in [0.4, 0.5) is 0 Å². The van der Waals surface area contributed by atoms with Crippen LogP contribution in [0.5, 0.6) is 0 Å². The predicted octanol–water partition coefficient (Wildman–Crippen LogP) is 8.49. The zero-order valence-electron chi connectivity index (χ0n) is 26.1. The molecule has 0 saturated heterocycles. The standard InChI is InChI=1S/C43H29BN2O2/c47-44-36-17-7-4-15-32-33-16-10-20-41(43(33)48-42(32)36)46-38-19-9-6-14-31(38)35-26-28(22-24-40(35)46)27-21-23-39-34(25-27)30-13-5-8-18-37(30)45(39)29-11-2-1-3-12-29/h1-16,18-26,44,47H,17H2. The van der Waals surface area contributed by atoms with Crippen LogP contribution in [0.15, 0.2) is 150 Å². The van der Waals surface area contributed by atoms with Crippen LogP contribution in [-0.4, -0.2) is 21.6 Å². The second kappa shape index (κ2) is 10.5. The summed E-state index contributed by atoms with van der Waals surface area (Å²) in [5.41, 5.74) is 11.7. The van der Waals surface area contributed by atoms with Crippen molar-refractivity contribution in [3.63, 3.8) is 0 Å². The second-order valence-electron chi connectivity index (χ2n) is 12.6. The van der Waals surface area contributed by atoms with E-state index in [4.69, 9.17) is 4.42 Å². The monoisotopic (exact) mass is 616 g/mol. The average molecular weight is 617 g/mol. The molecule has 0 unspecified atom stereocenters. The van der Waals surface area contributed by atoms with E-state index in [2.05, 4.69) is 161 Å². The molecule has 9 aromatic rings. The molecule has 0 amide bonds. The van der Waals surface area contributed by atoms with E-state index < -0.39 is 0 Å². The SMILES string of the molecule is OBC1=c2oc3c(-n4c5ccccc5c5cc(-c6ccc7c(c6)c6ccccc6n7-c6ccccc6)ccc54)cccc3c2=CC=CC1. The van der Waals surface area contributed by atoms with Crippen molar-refractivity contribution in [1.82, 2.24) is 9.13 Å². The van der Waals surface area contributed by atoms with E-state index in [9.17, 15) is 5.02 Å². The number of hydrogen-bond acceptors (Lipinski definition) is 2. The lowest BCUT2D eigenvalue weighted by atomic mass is 9.85. The molecule has 4 nitrogen and oxygen atoms in total. The first-order valence-corrected chi connectivity index (χ1v) is 16.4. The number of rotatable bonds is 4. The fraction of sp³-hybridized carbons (Fsp3) is 0.0233. The van der Waals surface area contributed by atoms with E-state index in [0.29, 0.717) is 6.42 Å². The maximum atomic E-state index is 10.2. The molecule has 1 aliphatic rings. The molecule has 0 atom stereocenters. The molecule has 3 aromatic heterocycles. The van der Waals surface area contributed by atoms with E-state index in [1.807, 2.05) is 0 Å². The van der Waals surface area contributed by atoms with E-state index >= 15 is 0 Å². The van der Waals surface area contributed by atoms with Gasteiger partial charge in [-0.3, -0.25) is 0 Å². The zero-order valence-corrected chi connectivity index (χ0v) is 26.1. The summed E-state index contributed by atoms with van der Waals surface area (Å²) in [7, 11) is -0.0307. The molecular weight excluding hydrogens is 587 g/mol. The number of fused-ring (bicyclic) bond motifs is 9. The molecule has 0 fully saturated rings. The fourth-order valence-corrected chi connectivity index (χ4v) is 7.75. The highest BCUT2D eigenvalue weighted by atomic mass is 16.3. The number of para-hydroxylation sites is 4. The third-order valence-corrected chi connectivity index (χ3v) is 9.94. The Morgan fingerprint density at radius 2 is 1.17 bits per heavy atom. The van der Waals surface area contributed by atoms with Gasteiger partial charge in [-0.1, -0.05) is 97.1 Å². The Bertz CT molecular complexity index is 2910. The predicted molar refractivity (Wildman–Crippen MR) is 201 cm³/mol. The molecule has 5 heteroatoms. The van der Waals surface area contributed by atoms with Crippen molar-refractivity contribution in [3.05, 3.63) is 156 Å². The first kappa shape index (κ1) is 27.1. The first-order valence-electron chi connectivity index (χ1n) is 16.4. The Morgan fingerprint density at radius 3 is 1.88 bits per heavy atom. The lowest BCUT2D eigenvalue weighted by Gasteiger charge is -2.10. The van der Waals surface area contributed by atoms with Gasteiger partial charge in [0.05, 0.1) is 27.8 Å². The number of benzene rings is 6. The summed E-state index contributed by atoms with van der Waals surface area (Å²) >= 11 is 0. The molecule has 1 N–H and O–H groups in total. The van der Waals surface area contributed by atoms with Gasteiger partial charge >= 0.3 is 7.48 Å². The molecule has 10 rings (SSSR count). The summed E-state index contributed by atoms with van der Waals surface area (Å²) in [5.74, 6) is 0. The van der Waals surface area contributed by atoms with Crippen molar-refractivity contribution in [1.29, 1.82) is 0 Å². The van der Waals surface area contributed by atoms with Crippen LogP contribution >= 0.6 is 0 Å². The summed E-state index contributed by atoms with van der Waals surface area (Å²) in [6, 6.07) is 47.9. The van der Waals surface area contributed by atoms with Crippen LogP contribution in [0.25, 0.3) is 88.6 Å². The Kier molecular flexibility index (Phi) is 5.93. The highest BCUT2D eigenvalue weighted by molar-refractivity contribution is 6.50. The van der Waals surface area contributed by atoms with Gasteiger partial charge < -0.3 is 18.6 Å². The molecule has 226 valence electrons. The van der Waals surface area contributed by atoms with Crippen LogP contribution in [0.2, 0.25) is 0 Å². The van der Waals surface area contributed by atoms with Gasteiger partial charge in [0.15, 0.2) is 5.58 Å². The van der Waals surface area contributed by atoms with Gasteiger partial charge in [-0.2, -0.15) is 0 Å².